The number of para-hydroxylation sites is 1. The maximum Gasteiger partial charge on any atom is 0.308 e. The number of fused-ring (bicyclic) bond motifs is 2. The number of ketones is 1. The molecule has 7 nitrogen and oxygen atoms in total. The number of rotatable bonds is 7. The first-order valence-corrected chi connectivity index (χ1v) is 12.1. The molecule has 1 aromatic heterocycles. The lowest BCUT2D eigenvalue weighted by atomic mass is 9.81. The van der Waals surface area contributed by atoms with Crippen molar-refractivity contribution in [3.8, 4) is 11.3 Å². The lowest BCUT2D eigenvalue weighted by Crippen LogP contribution is -2.33. The number of carbonyl (C=O) groups is 4. The summed E-state index contributed by atoms with van der Waals surface area (Å²) >= 11 is 0. The molecule has 1 aliphatic carbocycles. The smallest absolute Gasteiger partial charge is 0.308 e. The number of Topliss-reactive ketones (excluding diaryl/α,β-unsaturated/α-hetero) is 1. The number of likely N-dealkylation sites (tertiary alicyclic amines) is 1. The van der Waals surface area contributed by atoms with Gasteiger partial charge in [0.25, 0.3) is 0 Å². The van der Waals surface area contributed by atoms with Crippen LogP contribution < -0.4 is 0 Å². The van der Waals surface area contributed by atoms with Gasteiger partial charge in [0.2, 0.25) is 17.6 Å². The monoisotopic (exact) mass is 472 g/mol. The van der Waals surface area contributed by atoms with Crippen molar-refractivity contribution in [1.82, 2.24) is 9.47 Å². The Morgan fingerprint density at radius 1 is 0.914 bits per heavy atom. The molecule has 0 bridgehead atoms. The summed E-state index contributed by atoms with van der Waals surface area (Å²) in [6.07, 6.45) is 3.26. The van der Waals surface area contributed by atoms with Crippen LogP contribution in [0.3, 0.4) is 0 Å². The van der Waals surface area contributed by atoms with E-state index in [1.807, 2.05) is 66.2 Å². The summed E-state index contributed by atoms with van der Waals surface area (Å²) < 4.78 is 7.29. The molecule has 180 valence electrons. The van der Waals surface area contributed by atoms with E-state index in [4.69, 9.17) is 4.74 Å². The molecule has 5 rings (SSSR count). The van der Waals surface area contributed by atoms with E-state index in [-0.39, 0.29) is 42.4 Å². The van der Waals surface area contributed by atoms with Gasteiger partial charge in [0, 0.05) is 24.5 Å². The largest absolute Gasteiger partial charge is 0.457 e. The molecule has 0 spiro atoms. The van der Waals surface area contributed by atoms with Crippen molar-refractivity contribution in [2.24, 2.45) is 18.9 Å². The van der Waals surface area contributed by atoms with Crippen LogP contribution in [-0.2, 0) is 26.2 Å². The number of hydrogen-bond donors (Lipinski definition) is 0. The third-order valence-corrected chi connectivity index (χ3v) is 7.27. The van der Waals surface area contributed by atoms with Crippen molar-refractivity contribution in [3.05, 3.63) is 60.2 Å². The summed E-state index contributed by atoms with van der Waals surface area (Å²) in [6, 6.07) is 17.3. The minimum Gasteiger partial charge on any atom is -0.457 e. The highest BCUT2D eigenvalue weighted by Gasteiger charge is 2.47. The lowest BCUT2D eigenvalue weighted by molar-refractivity contribution is -0.145. The molecular formula is C28H28N2O5. The fourth-order valence-corrected chi connectivity index (χ4v) is 5.55. The van der Waals surface area contributed by atoms with Crippen LogP contribution in [-0.4, -0.2) is 46.2 Å². The third kappa shape index (κ3) is 4.16. The molecule has 35 heavy (non-hydrogen) atoms. The summed E-state index contributed by atoms with van der Waals surface area (Å²) in [4.78, 5) is 52.2. The molecule has 2 aromatic carbocycles. The van der Waals surface area contributed by atoms with Gasteiger partial charge in [-0.05, 0) is 24.5 Å². The number of amides is 2. The highest BCUT2D eigenvalue weighted by Crippen LogP contribution is 2.38. The zero-order valence-electron chi connectivity index (χ0n) is 19.7. The fraction of sp³-hybridized carbons (Fsp3) is 0.357. The number of carbonyl (C=O) groups excluding carboxylic acids is 4. The van der Waals surface area contributed by atoms with Crippen molar-refractivity contribution >= 4 is 34.5 Å². The Bertz CT molecular complexity index is 1290. The van der Waals surface area contributed by atoms with Gasteiger partial charge in [0.1, 0.15) is 0 Å². The highest BCUT2D eigenvalue weighted by molar-refractivity contribution is 6.14. The van der Waals surface area contributed by atoms with Gasteiger partial charge in [-0.1, -0.05) is 61.4 Å². The van der Waals surface area contributed by atoms with E-state index in [2.05, 4.69) is 0 Å². The topological polar surface area (TPSA) is 85.7 Å². The first-order chi connectivity index (χ1) is 17.0. The Morgan fingerprint density at radius 2 is 1.54 bits per heavy atom. The quantitative estimate of drug-likeness (QED) is 0.293. The molecule has 0 radical (unpaired) electrons. The van der Waals surface area contributed by atoms with Crippen LogP contribution in [0.2, 0.25) is 0 Å². The molecule has 1 aliphatic heterocycles. The Balaban J connectivity index is 1.28. The first-order valence-electron chi connectivity index (χ1n) is 12.1. The molecule has 2 fully saturated rings. The number of aromatic nitrogens is 1. The van der Waals surface area contributed by atoms with Crippen LogP contribution in [0.1, 0.15) is 42.5 Å². The summed E-state index contributed by atoms with van der Waals surface area (Å²) in [5.74, 6) is -1.73. The lowest BCUT2D eigenvalue weighted by Gasteiger charge is -2.19. The van der Waals surface area contributed by atoms with E-state index in [1.165, 1.54) is 4.90 Å². The van der Waals surface area contributed by atoms with Crippen LogP contribution in [0.25, 0.3) is 22.2 Å². The van der Waals surface area contributed by atoms with Gasteiger partial charge in [-0.2, -0.15) is 0 Å². The second-order valence-electron chi connectivity index (χ2n) is 9.33. The summed E-state index contributed by atoms with van der Waals surface area (Å²) in [7, 11) is 1.91. The zero-order valence-corrected chi connectivity index (χ0v) is 19.7. The van der Waals surface area contributed by atoms with Gasteiger partial charge in [-0.25, -0.2) is 0 Å². The second-order valence-corrected chi connectivity index (χ2v) is 9.33. The minimum absolute atomic E-state index is 0.00121. The number of esters is 1. The Labute approximate surface area is 203 Å². The Morgan fingerprint density at radius 3 is 2.23 bits per heavy atom. The van der Waals surface area contributed by atoms with Gasteiger partial charge >= 0.3 is 5.97 Å². The van der Waals surface area contributed by atoms with E-state index in [0.29, 0.717) is 5.56 Å². The first kappa shape index (κ1) is 23.0. The number of ether oxygens (including phenoxy) is 1. The maximum absolute atomic E-state index is 13.3. The molecule has 2 heterocycles. The van der Waals surface area contributed by atoms with Crippen LogP contribution in [0.15, 0.2) is 54.6 Å². The van der Waals surface area contributed by atoms with Gasteiger partial charge in [0.15, 0.2) is 6.61 Å². The van der Waals surface area contributed by atoms with Crippen molar-refractivity contribution in [1.29, 1.82) is 0 Å². The highest BCUT2D eigenvalue weighted by atomic mass is 16.5. The van der Waals surface area contributed by atoms with E-state index >= 15 is 0 Å². The van der Waals surface area contributed by atoms with Gasteiger partial charge in [-0.15, -0.1) is 0 Å². The summed E-state index contributed by atoms with van der Waals surface area (Å²) in [6.45, 7) is -0.402. The van der Waals surface area contributed by atoms with E-state index in [0.717, 1.165) is 47.8 Å². The maximum atomic E-state index is 13.3. The number of imide groups is 1. The van der Waals surface area contributed by atoms with Crippen LogP contribution in [0.5, 0.6) is 0 Å². The van der Waals surface area contributed by atoms with E-state index < -0.39 is 12.6 Å². The molecule has 3 aromatic rings. The normalized spacial score (nSPS) is 19.7. The number of hydrogen-bond acceptors (Lipinski definition) is 5. The van der Waals surface area contributed by atoms with Crippen LogP contribution >= 0.6 is 0 Å². The van der Waals surface area contributed by atoms with Crippen molar-refractivity contribution in [3.63, 3.8) is 0 Å². The average molecular weight is 473 g/mol. The predicted octanol–water partition coefficient (Wildman–Crippen LogP) is 4.14. The molecular weight excluding hydrogens is 444 g/mol. The molecule has 2 unspecified atom stereocenters. The molecule has 2 amide bonds. The number of benzene rings is 2. The Kier molecular flexibility index (Phi) is 6.24. The molecule has 1 saturated heterocycles. The summed E-state index contributed by atoms with van der Waals surface area (Å²) in [5.41, 5.74) is 3.08. The minimum atomic E-state index is -0.602. The standard InChI is InChI=1S/C28H28N2O5/c1-29-22-14-8-7-13-21(22)25(26(29)18-9-3-2-4-10-18)23(31)17-35-24(32)15-16-30-27(33)19-11-5-6-12-20(19)28(30)34/h2-4,7-10,13-14,19-20H,5-6,11-12,15-17H2,1H3. The SMILES string of the molecule is Cn1c(-c2ccccc2)c(C(=O)COC(=O)CCN2C(=O)C3CCCCC3C2=O)c2ccccc21. The average Bonchev–Trinajstić information content (AvgIpc) is 3.32. The molecule has 0 N–H and O–H groups in total. The molecule has 2 aliphatic rings. The van der Waals surface area contributed by atoms with Crippen molar-refractivity contribution in [2.45, 2.75) is 32.1 Å². The van der Waals surface area contributed by atoms with E-state index in [1.54, 1.807) is 0 Å². The van der Waals surface area contributed by atoms with Crippen molar-refractivity contribution < 1.29 is 23.9 Å². The number of aryl methyl sites for hydroxylation is 1. The van der Waals surface area contributed by atoms with Crippen molar-refractivity contribution in [2.75, 3.05) is 13.2 Å². The predicted molar refractivity (Wildman–Crippen MR) is 130 cm³/mol. The third-order valence-electron chi connectivity index (χ3n) is 7.27. The molecule has 1 saturated carbocycles. The van der Waals surface area contributed by atoms with Gasteiger partial charge < -0.3 is 9.30 Å². The Hall–Kier alpha value is -3.74. The fourth-order valence-electron chi connectivity index (χ4n) is 5.55. The zero-order chi connectivity index (χ0) is 24.5. The van der Waals surface area contributed by atoms with Gasteiger partial charge in [0.05, 0.1) is 29.5 Å². The summed E-state index contributed by atoms with van der Waals surface area (Å²) in [5, 5.41) is 0.797. The van der Waals surface area contributed by atoms with Crippen LogP contribution in [0.4, 0.5) is 0 Å². The van der Waals surface area contributed by atoms with Crippen LogP contribution in [0, 0.1) is 11.8 Å². The van der Waals surface area contributed by atoms with Gasteiger partial charge in [-0.3, -0.25) is 24.1 Å². The molecule has 2 atom stereocenters. The van der Waals surface area contributed by atoms with E-state index in [9.17, 15) is 19.2 Å². The molecule has 7 heteroatoms. The number of nitrogens with zero attached hydrogens (tertiary/aromatic N) is 2. The second kappa shape index (κ2) is 9.49.